The highest BCUT2D eigenvalue weighted by atomic mass is 16.5. The van der Waals surface area contributed by atoms with Crippen molar-refractivity contribution in [3.05, 3.63) is 59.4 Å². The Morgan fingerprint density at radius 1 is 1.27 bits per heavy atom. The van der Waals surface area contributed by atoms with E-state index in [4.69, 9.17) is 0 Å². The van der Waals surface area contributed by atoms with E-state index in [-0.39, 0.29) is 18.3 Å². The normalized spacial score (nSPS) is 10.6. The zero-order chi connectivity index (χ0) is 15.9. The summed E-state index contributed by atoms with van der Waals surface area (Å²) in [5.74, 6) is -0.580. The minimum absolute atomic E-state index is 0.191. The summed E-state index contributed by atoms with van der Waals surface area (Å²) in [6, 6.07) is 10.5. The monoisotopic (exact) mass is 299 g/mol. The van der Waals surface area contributed by atoms with Crippen molar-refractivity contribution in [2.24, 2.45) is 12.1 Å². The number of aryl methyl sites for hydroxylation is 1. The van der Waals surface area contributed by atoms with Crippen LogP contribution in [0, 0.1) is 0 Å². The number of amides is 1. The number of nitrogens with one attached hydrogen (secondary N) is 1. The summed E-state index contributed by atoms with van der Waals surface area (Å²) in [5.41, 5.74) is 4.62. The van der Waals surface area contributed by atoms with Crippen molar-refractivity contribution in [2.75, 3.05) is 7.11 Å². The maximum absolute atomic E-state index is 11.7. The van der Waals surface area contributed by atoms with Crippen molar-refractivity contribution in [1.82, 2.24) is 9.99 Å². The summed E-state index contributed by atoms with van der Waals surface area (Å²) in [5, 5.41) is 3.90. The summed E-state index contributed by atoms with van der Waals surface area (Å²) in [7, 11) is 3.22. The van der Waals surface area contributed by atoms with Gasteiger partial charge in [0.1, 0.15) is 0 Å². The van der Waals surface area contributed by atoms with E-state index in [0.29, 0.717) is 5.56 Å². The van der Waals surface area contributed by atoms with E-state index in [1.807, 2.05) is 29.9 Å². The van der Waals surface area contributed by atoms with Crippen molar-refractivity contribution in [1.29, 1.82) is 0 Å². The Morgan fingerprint density at radius 3 is 2.59 bits per heavy atom. The molecule has 2 aromatic rings. The molecule has 2 rings (SSSR count). The van der Waals surface area contributed by atoms with Crippen LogP contribution in [-0.4, -0.2) is 29.8 Å². The molecule has 1 heterocycles. The van der Waals surface area contributed by atoms with E-state index in [1.165, 1.54) is 13.3 Å². The summed E-state index contributed by atoms with van der Waals surface area (Å²) >= 11 is 0. The Morgan fingerprint density at radius 2 is 2.00 bits per heavy atom. The van der Waals surface area contributed by atoms with Gasteiger partial charge in [0.2, 0.25) is 5.91 Å². The number of esters is 1. The van der Waals surface area contributed by atoms with Gasteiger partial charge in [0.15, 0.2) is 0 Å². The molecule has 0 spiro atoms. The van der Waals surface area contributed by atoms with E-state index in [0.717, 1.165) is 11.3 Å². The molecule has 0 radical (unpaired) electrons. The molecule has 1 N–H and O–H groups in total. The Balaban J connectivity index is 1.88. The number of carbonyl (C=O) groups is 2. The minimum atomic E-state index is -0.389. The number of nitrogens with zero attached hydrogens (tertiary/aromatic N) is 2. The lowest BCUT2D eigenvalue weighted by Crippen LogP contribution is -2.20. The molecular weight excluding hydrogens is 282 g/mol. The lowest BCUT2D eigenvalue weighted by molar-refractivity contribution is -0.120. The number of rotatable bonds is 5. The second-order valence-corrected chi connectivity index (χ2v) is 4.69. The number of benzene rings is 1. The van der Waals surface area contributed by atoms with Crippen LogP contribution >= 0.6 is 0 Å². The predicted octanol–water partition coefficient (Wildman–Crippen LogP) is 1.50. The maximum Gasteiger partial charge on any atom is 0.337 e. The molecule has 0 unspecified atom stereocenters. The van der Waals surface area contributed by atoms with Gasteiger partial charge >= 0.3 is 5.97 Å². The van der Waals surface area contributed by atoms with Gasteiger partial charge in [-0.1, -0.05) is 12.1 Å². The third kappa shape index (κ3) is 4.05. The van der Waals surface area contributed by atoms with Crippen LogP contribution < -0.4 is 5.43 Å². The zero-order valence-corrected chi connectivity index (χ0v) is 12.4. The fourth-order valence-corrected chi connectivity index (χ4v) is 1.89. The highest BCUT2D eigenvalue weighted by molar-refractivity contribution is 5.90. The van der Waals surface area contributed by atoms with Gasteiger partial charge in [-0.25, -0.2) is 10.2 Å². The highest BCUT2D eigenvalue weighted by Crippen LogP contribution is 2.04. The Bertz CT molecular complexity index is 687. The van der Waals surface area contributed by atoms with Crippen LogP contribution in [0.2, 0.25) is 0 Å². The maximum atomic E-state index is 11.7. The first-order valence-corrected chi connectivity index (χ1v) is 6.70. The van der Waals surface area contributed by atoms with E-state index >= 15 is 0 Å². The van der Waals surface area contributed by atoms with Crippen molar-refractivity contribution in [3.63, 3.8) is 0 Å². The van der Waals surface area contributed by atoms with E-state index in [1.54, 1.807) is 24.3 Å². The quantitative estimate of drug-likeness (QED) is 0.516. The summed E-state index contributed by atoms with van der Waals surface area (Å²) < 4.78 is 6.50. The molecule has 6 nitrogen and oxygen atoms in total. The largest absolute Gasteiger partial charge is 0.465 e. The topological polar surface area (TPSA) is 72.7 Å². The molecule has 0 saturated heterocycles. The van der Waals surface area contributed by atoms with Crippen LogP contribution in [0.15, 0.2) is 47.7 Å². The second-order valence-electron chi connectivity index (χ2n) is 4.69. The average molecular weight is 299 g/mol. The van der Waals surface area contributed by atoms with E-state index < -0.39 is 0 Å². The first-order chi connectivity index (χ1) is 10.6. The van der Waals surface area contributed by atoms with Gasteiger partial charge in [0, 0.05) is 18.9 Å². The van der Waals surface area contributed by atoms with Crippen LogP contribution in [-0.2, 0) is 23.0 Å². The molecule has 0 atom stereocenters. The average Bonchev–Trinajstić information content (AvgIpc) is 2.92. The number of methoxy groups -OCH3 is 1. The Kier molecular flexibility index (Phi) is 5.08. The summed E-state index contributed by atoms with van der Waals surface area (Å²) in [6.45, 7) is 0. The van der Waals surface area contributed by atoms with Gasteiger partial charge in [-0.15, -0.1) is 0 Å². The van der Waals surface area contributed by atoms with Crippen LogP contribution in [0.5, 0.6) is 0 Å². The number of hydrogen-bond acceptors (Lipinski definition) is 4. The smallest absolute Gasteiger partial charge is 0.337 e. The van der Waals surface area contributed by atoms with Crippen molar-refractivity contribution >= 4 is 18.1 Å². The molecular formula is C16H17N3O3. The first-order valence-electron chi connectivity index (χ1n) is 6.70. The Hall–Kier alpha value is -2.89. The molecule has 0 aliphatic carbocycles. The summed E-state index contributed by atoms with van der Waals surface area (Å²) in [4.78, 5) is 23.0. The van der Waals surface area contributed by atoms with Crippen LogP contribution in [0.3, 0.4) is 0 Å². The summed E-state index contributed by atoms with van der Waals surface area (Å²) in [6.07, 6.45) is 3.67. The van der Waals surface area contributed by atoms with Gasteiger partial charge in [-0.2, -0.15) is 5.10 Å². The number of hydrazone groups is 1. The predicted molar refractivity (Wildman–Crippen MR) is 82.6 cm³/mol. The number of aromatic nitrogens is 1. The Labute approximate surface area is 128 Å². The van der Waals surface area contributed by atoms with Crippen LogP contribution in [0.1, 0.15) is 21.6 Å². The fourth-order valence-electron chi connectivity index (χ4n) is 1.89. The standard InChI is InChI=1S/C16H17N3O3/c1-19-9-3-4-14(19)10-15(20)18-17-11-12-5-7-13(8-6-12)16(21)22-2/h3-9,11H,10H2,1-2H3,(H,18,20). The second kappa shape index (κ2) is 7.21. The SMILES string of the molecule is COC(=O)c1ccc(C=NNC(=O)Cc2cccn2C)cc1. The zero-order valence-electron chi connectivity index (χ0n) is 12.4. The molecule has 1 aromatic carbocycles. The molecule has 0 aliphatic heterocycles. The van der Waals surface area contributed by atoms with Gasteiger partial charge in [-0.3, -0.25) is 4.79 Å². The van der Waals surface area contributed by atoms with E-state index in [2.05, 4.69) is 15.3 Å². The lowest BCUT2D eigenvalue weighted by atomic mass is 10.1. The number of carbonyl (C=O) groups excluding carboxylic acids is 2. The fraction of sp³-hybridized carbons (Fsp3) is 0.188. The third-order valence-electron chi connectivity index (χ3n) is 3.13. The van der Waals surface area contributed by atoms with Crippen molar-refractivity contribution < 1.29 is 14.3 Å². The van der Waals surface area contributed by atoms with Crippen LogP contribution in [0.4, 0.5) is 0 Å². The van der Waals surface area contributed by atoms with Crippen molar-refractivity contribution in [3.8, 4) is 0 Å². The molecule has 6 heteroatoms. The molecule has 0 saturated carbocycles. The highest BCUT2D eigenvalue weighted by Gasteiger charge is 2.05. The van der Waals surface area contributed by atoms with Gasteiger partial charge in [0.05, 0.1) is 25.3 Å². The van der Waals surface area contributed by atoms with Crippen LogP contribution in [0.25, 0.3) is 0 Å². The van der Waals surface area contributed by atoms with Gasteiger partial charge < -0.3 is 9.30 Å². The van der Waals surface area contributed by atoms with Gasteiger partial charge in [-0.05, 0) is 29.8 Å². The third-order valence-corrected chi connectivity index (χ3v) is 3.13. The van der Waals surface area contributed by atoms with Gasteiger partial charge in [0.25, 0.3) is 0 Å². The molecule has 1 amide bonds. The lowest BCUT2D eigenvalue weighted by Gasteiger charge is -2.02. The minimum Gasteiger partial charge on any atom is -0.465 e. The number of hydrogen-bond donors (Lipinski definition) is 1. The van der Waals surface area contributed by atoms with Crippen molar-refractivity contribution in [2.45, 2.75) is 6.42 Å². The first kappa shape index (κ1) is 15.5. The number of ether oxygens (including phenoxy) is 1. The molecule has 0 aliphatic rings. The van der Waals surface area contributed by atoms with E-state index in [9.17, 15) is 9.59 Å². The molecule has 114 valence electrons. The molecule has 1 aromatic heterocycles. The molecule has 0 bridgehead atoms. The molecule has 22 heavy (non-hydrogen) atoms. The molecule has 0 fully saturated rings.